The van der Waals surface area contributed by atoms with Crippen LogP contribution in [0.25, 0.3) is 0 Å². The van der Waals surface area contributed by atoms with Gasteiger partial charge in [-0.05, 0) is 116 Å². The Bertz CT molecular complexity index is 2370. The predicted octanol–water partition coefficient (Wildman–Crippen LogP) is 9.46. The highest BCUT2D eigenvalue weighted by Crippen LogP contribution is 2.47. The van der Waals surface area contributed by atoms with Crippen molar-refractivity contribution in [3.05, 3.63) is 118 Å². The van der Waals surface area contributed by atoms with E-state index >= 15 is 0 Å². The lowest BCUT2D eigenvalue weighted by molar-refractivity contribution is -0.155. The summed E-state index contributed by atoms with van der Waals surface area (Å²) in [6.07, 6.45) is 1.03. The molecule has 0 aromatic heterocycles. The van der Waals surface area contributed by atoms with Gasteiger partial charge in [-0.1, -0.05) is 95.3 Å². The molecule has 0 aliphatic carbocycles. The van der Waals surface area contributed by atoms with Gasteiger partial charge in [0.05, 0.1) is 30.4 Å². The molecule has 1 unspecified atom stereocenters. The normalized spacial score (nSPS) is 17.5. The molecule has 2 aliphatic heterocycles. The van der Waals surface area contributed by atoms with Gasteiger partial charge in [0.25, 0.3) is 0 Å². The Morgan fingerprint density at radius 2 is 0.929 bits per heavy atom. The quantitative estimate of drug-likeness (QED) is 0.154. The Hall–Kier alpha value is -4.28. The number of ether oxygens (including phenoxy) is 2. The molecule has 6 rings (SSSR count). The van der Waals surface area contributed by atoms with Crippen molar-refractivity contribution in [2.45, 2.75) is 124 Å². The van der Waals surface area contributed by atoms with Crippen molar-refractivity contribution < 1.29 is 35.9 Å². The summed E-state index contributed by atoms with van der Waals surface area (Å²) in [4.78, 5) is 27.7. The van der Waals surface area contributed by atoms with Crippen LogP contribution in [0.2, 0.25) is 0 Å². The fourth-order valence-electron chi connectivity index (χ4n) is 7.58. The van der Waals surface area contributed by atoms with E-state index in [9.17, 15) is 26.4 Å². The van der Waals surface area contributed by atoms with Crippen molar-refractivity contribution in [3.63, 3.8) is 0 Å². The minimum absolute atomic E-state index is 0.00588. The number of carbonyl (C=O) groups excluding carboxylic acids is 2. The third-order valence-corrected chi connectivity index (χ3v) is 15.3. The van der Waals surface area contributed by atoms with Gasteiger partial charge in [-0.25, -0.2) is 16.8 Å². The van der Waals surface area contributed by atoms with Crippen molar-refractivity contribution in [1.29, 1.82) is 0 Å². The van der Waals surface area contributed by atoms with Crippen LogP contribution in [-0.2, 0) is 49.6 Å². The van der Waals surface area contributed by atoms with Crippen molar-refractivity contribution in [2.24, 2.45) is 10.8 Å². The van der Waals surface area contributed by atoms with Crippen LogP contribution >= 0.6 is 0 Å². The van der Waals surface area contributed by atoms with E-state index in [-0.39, 0.29) is 50.1 Å². The number of esters is 2. The van der Waals surface area contributed by atoms with Gasteiger partial charge in [0, 0.05) is 11.8 Å². The van der Waals surface area contributed by atoms with E-state index in [0.717, 1.165) is 11.1 Å². The van der Waals surface area contributed by atoms with Crippen molar-refractivity contribution in [1.82, 2.24) is 0 Å². The Labute approximate surface area is 332 Å². The number of sulfone groups is 2. The van der Waals surface area contributed by atoms with Crippen LogP contribution in [0, 0.1) is 10.8 Å². The first kappa shape index (κ1) is 41.4. The second-order valence-electron chi connectivity index (χ2n) is 18.7. The molecule has 2 heterocycles. The second-order valence-corrected chi connectivity index (χ2v) is 22.4. The molecule has 0 fully saturated rings. The van der Waals surface area contributed by atoms with Crippen LogP contribution in [0.4, 0.5) is 0 Å². The summed E-state index contributed by atoms with van der Waals surface area (Å²) in [5, 5.41) is 0. The van der Waals surface area contributed by atoms with E-state index in [1.807, 2.05) is 38.1 Å². The number of fused-ring (bicyclic) bond motifs is 4. The van der Waals surface area contributed by atoms with Crippen LogP contribution in [-0.4, -0.2) is 42.0 Å². The average molecular weight is 799 g/mol. The molecule has 1 atom stereocenters. The Morgan fingerprint density at radius 3 is 1.41 bits per heavy atom. The zero-order valence-corrected chi connectivity index (χ0v) is 35.8. The number of carbonyl (C=O) groups is 2. The Morgan fingerprint density at radius 1 is 0.518 bits per heavy atom. The van der Waals surface area contributed by atoms with Crippen LogP contribution in [0.15, 0.2) is 105 Å². The number of rotatable bonds is 9. The predicted molar refractivity (Wildman–Crippen MR) is 216 cm³/mol. The van der Waals surface area contributed by atoms with Gasteiger partial charge in [-0.2, -0.15) is 0 Å². The van der Waals surface area contributed by atoms with Crippen LogP contribution in [0.5, 0.6) is 0 Å². The summed E-state index contributed by atoms with van der Waals surface area (Å²) in [7, 11) is -7.57. The van der Waals surface area contributed by atoms with Gasteiger partial charge in [-0.3, -0.25) is 9.59 Å². The molecule has 0 amide bonds. The molecule has 4 aromatic rings. The number of hydrogen-bond acceptors (Lipinski definition) is 8. The summed E-state index contributed by atoms with van der Waals surface area (Å²) >= 11 is 0. The van der Waals surface area contributed by atoms with E-state index < -0.39 is 47.8 Å². The highest BCUT2D eigenvalue weighted by molar-refractivity contribution is 7.92. The second kappa shape index (κ2) is 14.3. The maximum atomic E-state index is 14.1. The fourth-order valence-corrected chi connectivity index (χ4v) is 11.1. The van der Waals surface area contributed by atoms with Crippen LogP contribution in [0.1, 0.15) is 127 Å². The van der Waals surface area contributed by atoms with E-state index in [2.05, 4.69) is 34.6 Å². The Kier molecular flexibility index (Phi) is 10.5. The molecule has 2 aliphatic rings. The molecule has 0 N–H and O–H groups in total. The standard InChI is InChI=1S/C46H54O8S2/c1-43(2,3)29-19-21-39-33(25-29)36(28-53-41(47)44(4,5)6)34-26-30(20-22-40(34)56(39,51)52)45(7,8)23-24-46(9,10)42(48)54-27-35-31-15-11-13-17-37(31)55(49,50)38-18-14-12-16-32(35)38/h11-22,25-26,35-36H,23-24,27-28H2,1-10H3. The average Bonchev–Trinajstić information content (AvgIpc) is 3.12. The molecule has 8 nitrogen and oxygen atoms in total. The maximum Gasteiger partial charge on any atom is 0.311 e. The molecule has 56 heavy (non-hydrogen) atoms. The molecule has 298 valence electrons. The number of benzene rings is 4. The van der Waals surface area contributed by atoms with Crippen LogP contribution in [0.3, 0.4) is 0 Å². The lowest BCUT2D eigenvalue weighted by Crippen LogP contribution is -2.32. The largest absolute Gasteiger partial charge is 0.464 e. The van der Waals surface area contributed by atoms with Gasteiger partial charge in [0.2, 0.25) is 19.7 Å². The first-order valence-corrected chi connectivity index (χ1v) is 22.2. The maximum absolute atomic E-state index is 14.1. The summed E-state index contributed by atoms with van der Waals surface area (Å²) in [6, 6.07) is 24.7. The summed E-state index contributed by atoms with van der Waals surface area (Å²) in [5.41, 5.74) is 1.94. The lowest BCUT2D eigenvalue weighted by atomic mass is 9.74. The summed E-state index contributed by atoms with van der Waals surface area (Å²) in [6.45, 7) is 19.4. The van der Waals surface area contributed by atoms with Gasteiger partial charge < -0.3 is 9.47 Å². The van der Waals surface area contributed by atoms with E-state index in [1.165, 1.54) is 0 Å². The van der Waals surface area contributed by atoms with E-state index in [0.29, 0.717) is 35.1 Å². The van der Waals surface area contributed by atoms with Gasteiger partial charge in [0.1, 0.15) is 13.2 Å². The molecule has 0 radical (unpaired) electrons. The van der Waals surface area contributed by atoms with Gasteiger partial charge >= 0.3 is 11.9 Å². The van der Waals surface area contributed by atoms with Crippen molar-refractivity contribution in [3.8, 4) is 0 Å². The third-order valence-electron chi connectivity index (χ3n) is 11.5. The highest BCUT2D eigenvalue weighted by atomic mass is 32.2. The zero-order chi connectivity index (χ0) is 41.2. The zero-order valence-electron chi connectivity index (χ0n) is 34.1. The molecule has 0 saturated carbocycles. The SMILES string of the molecule is CC(C)(C)C(=O)OCC1c2cc(C(C)(C)C)ccc2S(=O)(=O)c2ccc(C(C)(C)CCC(C)(C)C(=O)OCC3c4ccccc4S(=O)(=O)c4ccccc43)cc21. The third kappa shape index (κ3) is 7.59. The minimum atomic E-state index is -3.87. The lowest BCUT2D eigenvalue weighted by Gasteiger charge is -2.34. The van der Waals surface area contributed by atoms with Gasteiger partial charge in [-0.15, -0.1) is 0 Å². The molecule has 10 heteroatoms. The van der Waals surface area contributed by atoms with E-state index in [4.69, 9.17) is 9.47 Å². The van der Waals surface area contributed by atoms with Crippen LogP contribution < -0.4 is 0 Å². The smallest absolute Gasteiger partial charge is 0.311 e. The summed E-state index contributed by atoms with van der Waals surface area (Å²) in [5.74, 6) is -1.70. The fraction of sp³-hybridized carbons (Fsp3) is 0.435. The molecular weight excluding hydrogens is 745 g/mol. The van der Waals surface area contributed by atoms with E-state index in [1.54, 1.807) is 81.4 Å². The first-order valence-electron chi connectivity index (χ1n) is 19.2. The van der Waals surface area contributed by atoms with Crippen molar-refractivity contribution >= 4 is 31.6 Å². The first-order chi connectivity index (χ1) is 25.9. The molecule has 0 spiro atoms. The Balaban J connectivity index is 1.25. The molecule has 0 saturated heterocycles. The molecule has 4 aromatic carbocycles. The van der Waals surface area contributed by atoms with Gasteiger partial charge in [0.15, 0.2) is 0 Å². The summed E-state index contributed by atoms with van der Waals surface area (Å²) < 4.78 is 67.0. The monoisotopic (exact) mass is 798 g/mol. The van der Waals surface area contributed by atoms with Crippen molar-refractivity contribution in [2.75, 3.05) is 13.2 Å². The topological polar surface area (TPSA) is 121 Å². The minimum Gasteiger partial charge on any atom is -0.464 e. The molecular formula is C46H54O8S2. The highest BCUT2D eigenvalue weighted by Gasteiger charge is 2.41. The number of hydrogen-bond donors (Lipinski definition) is 0. The molecule has 0 bridgehead atoms.